The number of amides is 2. The van der Waals surface area contributed by atoms with Crippen LogP contribution in [0, 0.1) is 0 Å². The first-order valence-electron chi connectivity index (χ1n) is 9.31. The lowest BCUT2D eigenvalue weighted by Crippen LogP contribution is -2.40. The van der Waals surface area contributed by atoms with Crippen LogP contribution in [0.2, 0.25) is 0 Å². The lowest BCUT2D eigenvalue weighted by Gasteiger charge is -2.23. The molecule has 1 aromatic carbocycles. The number of alkyl carbamates (subject to hydrolysis) is 2. The van der Waals surface area contributed by atoms with Crippen molar-refractivity contribution in [1.29, 1.82) is 0 Å². The minimum absolute atomic E-state index is 0.189. The van der Waals surface area contributed by atoms with Gasteiger partial charge in [0.25, 0.3) is 0 Å². The van der Waals surface area contributed by atoms with Gasteiger partial charge in [0.15, 0.2) is 0 Å². The van der Waals surface area contributed by atoms with Gasteiger partial charge in [-0.15, -0.1) is 0 Å². The molecule has 0 radical (unpaired) electrons. The number of hydrogen-bond donors (Lipinski definition) is 3. The third kappa shape index (κ3) is 11.8. The topological polar surface area (TPSA) is 114 Å². The molecule has 0 aliphatic rings. The van der Waals surface area contributed by atoms with Crippen LogP contribution in [0.3, 0.4) is 0 Å². The quantitative estimate of drug-likeness (QED) is 0.524. The highest BCUT2D eigenvalue weighted by molar-refractivity contribution is 5.71. The fraction of sp³-hybridized carbons (Fsp3) is 0.550. The van der Waals surface area contributed by atoms with Gasteiger partial charge in [0.2, 0.25) is 0 Å². The maximum Gasteiger partial charge on any atom is 0.407 e. The van der Waals surface area contributed by atoms with Gasteiger partial charge in [-0.2, -0.15) is 0 Å². The number of carboxylic acid groups (broad SMARTS) is 1. The van der Waals surface area contributed by atoms with Gasteiger partial charge in [0.05, 0.1) is 6.42 Å². The second-order valence-electron chi connectivity index (χ2n) is 7.43. The molecular weight excluding hydrogens is 364 g/mol. The van der Waals surface area contributed by atoms with Crippen LogP contribution in [0.1, 0.15) is 52.0 Å². The van der Waals surface area contributed by atoms with Crippen LogP contribution < -0.4 is 10.6 Å². The Morgan fingerprint density at radius 3 is 2.36 bits per heavy atom. The number of ether oxygens (including phenoxy) is 2. The summed E-state index contributed by atoms with van der Waals surface area (Å²) in [5.74, 6) is -0.997. The van der Waals surface area contributed by atoms with Gasteiger partial charge >= 0.3 is 18.2 Å². The van der Waals surface area contributed by atoms with Gasteiger partial charge in [-0.3, -0.25) is 4.79 Å². The predicted octanol–water partition coefficient (Wildman–Crippen LogP) is 3.45. The Kier molecular flexibility index (Phi) is 9.84. The lowest BCUT2D eigenvalue weighted by atomic mass is 10.1. The highest BCUT2D eigenvalue weighted by atomic mass is 16.6. The number of benzene rings is 1. The summed E-state index contributed by atoms with van der Waals surface area (Å²) < 4.78 is 10.3. The Morgan fingerprint density at radius 1 is 1.07 bits per heavy atom. The SMILES string of the molecule is CC(C)(C)OC(=O)N[C@H](CCCCNC(=O)OCc1ccccc1)CC(=O)O. The fourth-order valence-corrected chi connectivity index (χ4v) is 2.39. The van der Waals surface area contributed by atoms with Crippen molar-refractivity contribution in [3.8, 4) is 0 Å². The zero-order valence-corrected chi connectivity index (χ0v) is 16.7. The molecule has 0 bridgehead atoms. The lowest BCUT2D eigenvalue weighted by molar-refractivity contribution is -0.137. The number of hydrogen-bond acceptors (Lipinski definition) is 5. The normalized spacial score (nSPS) is 12.0. The monoisotopic (exact) mass is 394 g/mol. The van der Waals surface area contributed by atoms with Gasteiger partial charge in [-0.1, -0.05) is 30.3 Å². The molecule has 1 aromatic rings. The van der Waals surface area contributed by atoms with Gasteiger partial charge in [-0.25, -0.2) is 9.59 Å². The number of carbonyl (C=O) groups is 3. The molecule has 3 N–H and O–H groups in total. The number of rotatable bonds is 10. The minimum atomic E-state index is -0.997. The standard InChI is InChI=1S/C20H30N2O6/c1-20(2,3)28-19(26)22-16(13-17(23)24)11-7-8-12-21-18(25)27-14-15-9-5-4-6-10-15/h4-6,9-10,16H,7-8,11-14H2,1-3H3,(H,21,25)(H,22,26)(H,23,24)/t16-/m1/s1. The Bertz CT molecular complexity index is 627. The summed E-state index contributed by atoms with van der Waals surface area (Å²) in [5.41, 5.74) is 0.254. The van der Waals surface area contributed by atoms with Crippen LogP contribution in [-0.2, 0) is 20.9 Å². The van der Waals surface area contributed by atoms with E-state index in [1.54, 1.807) is 20.8 Å². The van der Waals surface area contributed by atoms with Crippen molar-refractivity contribution < 1.29 is 29.0 Å². The predicted molar refractivity (Wildman–Crippen MR) is 104 cm³/mol. The largest absolute Gasteiger partial charge is 0.481 e. The second-order valence-corrected chi connectivity index (χ2v) is 7.43. The van der Waals surface area contributed by atoms with E-state index in [4.69, 9.17) is 14.6 Å². The molecule has 2 amide bonds. The van der Waals surface area contributed by atoms with Crippen LogP contribution in [0.25, 0.3) is 0 Å². The number of aliphatic carboxylic acids is 1. The Morgan fingerprint density at radius 2 is 1.75 bits per heavy atom. The van der Waals surface area contributed by atoms with E-state index in [-0.39, 0.29) is 13.0 Å². The van der Waals surface area contributed by atoms with Crippen LogP contribution in [0.5, 0.6) is 0 Å². The molecule has 8 nitrogen and oxygen atoms in total. The molecule has 0 aliphatic heterocycles. The van der Waals surface area contributed by atoms with Crippen molar-refractivity contribution >= 4 is 18.2 Å². The van der Waals surface area contributed by atoms with Crippen molar-refractivity contribution in [3.63, 3.8) is 0 Å². The number of carboxylic acids is 1. The van der Waals surface area contributed by atoms with Gasteiger partial charge < -0.3 is 25.2 Å². The van der Waals surface area contributed by atoms with E-state index in [9.17, 15) is 14.4 Å². The molecule has 1 rings (SSSR count). The van der Waals surface area contributed by atoms with E-state index in [1.165, 1.54) is 0 Å². The molecule has 1 atom stereocenters. The molecule has 0 heterocycles. The highest BCUT2D eigenvalue weighted by Crippen LogP contribution is 2.10. The summed E-state index contributed by atoms with van der Waals surface area (Å²) in [4.78, 5) is 34.4. The van der Waals surface area contributed by atoms with Gasteiger partial charge in [-0.05, 0) is 45.6 Å². The minimum Gasteiger partial charge on any atom is -0.481 e. The van der Waals surface area contributed by atoms with E-state index in [2.05, 4.69) is 10.6 Å². The fourth-order valence-electron chi connectivity index (χ4n) is 2.39. The number of nitrogens with one attached hydrogen (secondary N) is 2. The number of carbonyl (C=O) groups excluding carboxylic acids is 2. The van der Waals surface area contributed by atoms with Crippen LogP contribution in [0.4, 0.5) is 9.59 Å². The zero-order valence-electron chi connectivity index (χ0n) is 16.7. The molecular formula is C20H30N2O6. The number of unbranched alkanes of at least 4 members (excludes halogenated alkanes) is 1. The van der Waals surface area contributed by atoms with Gasteiger partial charge in [0, 0.05) is 12.6 Å². The third-order valence-corrected chi connectivity index (χ3v) is 3.60. The zero-order chi connectivity index (χ0) is 21.0. The van der Waals surface area contributed by atoms with E-state index < -0.39 is 29.8 Å². The molecule has 8 heteroatoms. The summed E-state index contributed by atoms with van der Waals surface area (Å²) in [7, 11) is 0. The maximum atomic E-state index is 11.8. The van der Waals surface area contributed by atoms with Crippen molar-refractivity contribution in [2.75, 3.05) is 6.54 Å². The molecule has 0 unspecified atom stereocenters. The first kappa shape index (κ1) is 23.3. The van der Waals surface area contributed by atoms with Crippen molar-refractivity contribution in [2.24, 2.45) is 0 Å². The molecule has 0 saturated carbocycles. The molecule has 0 fully saturated rings. The van der Waals surface area contributed by atoms with Crippen molar-refractivity contribution in [2.45, 2.75) is 64.7 Å². The first-order chi connectivity index (χ1) is 13.2. The molecule has 0 spiro atoms. The second kappa shape index (κ2) is 11.8. The van der Waals surface area contributed by atoms with Crippen molar-refractivity contribution in [3.05, 3.63) is 35.9 Å². The van der Waals surface area contributed by atoms with Gasteiger partial charge in [0.1, 0.15) is 12.2 Å². The maximum absolute atomic E-state index is 11.8. The summed E-state index contributed by atoms with van der Waals surface area (Å²) >= 11 is 0. The average Bonchev–Trinajstić information content (AvgIpc) is 2.58. The molecule has 0 aliphatic carbocycles. The van der Waals surface area contributed by atoms with E-state index in [0.29, 0.717) is 25.8 Å². The molecule has 156 valence electrons. The Labute approximate surface area is 165 Å². The summed E-state index contributed by atoms with van der Waals surface area (Å²) in [6.07, 6.45) is 0.399. The Hall–Kier alpha value is -2.77. The van der Waals surface area contributed by atoms with E-state index in [0.717, 1.165) is 5.56 Å². The first-order valence-corrected chi connectivity index (χ1v) is 9.31. The van der Waals surface area contributed by atoms with Crippen molar-refractivity contribution in [1.82, 2.24) is 10.6 Å². The van der Waals surface area contributed by atoms with E-state index >= 15 is 0 Å². The smallest absolute Gasteiger partial charge is 0.407 e. The van der Waals surface area contributed by atoms with Crippen LogP contribution >= 0.6 is 0 Å². The third-order valence-electron chi connectivity index (χ3n) is 3.60. The Balaban J connectivity index is 2.24. The molecule has 28 heavy (non-hydrogen) atoms. The van der Waals surface area contributed by atoms with E-state index in [1.807, 2.05) is 30.3 Å². The summed E-state index contributed by atoms with van der Waals surface area (Å²) in [6, 6.07) is 8.84. The average molecular weight is 394 g/mol. The molecule has 0 saturated heterocycles. The summed E-state index contributed by atoms with van der Waals surface area (Å²) in [6.45, 7) is 5.82. The summed E-state index contributed by atoms with van der Waals surface area (Å²) in [5, 5.41) is 14.2. The highest BCUT2D eigenvalue weighted by Gasteiger charge is 2.21. The van der Waals surface area contributed by atoms with Crippen LogP contribution in [0.15, 0.2) is 30.3 Å². The van der Waals surface area contributed by atoms with Crippen LogP contribution in [-0.4, -0.2) is 41.4 Å². The molecule has 0 aromatic heterocycles.